The summed E-state index contributed by atoms with van der Waals surface area (Å²) in [4.78, 5) is 39.7. The molecular weight excluding hydrogens is 468 g/mol. The number of hydrogen-bond acceptors (Lipinski definition) is 5. The molecular formula is C30H30N2O5. The normalized spacial score (nSPS) is 16.7. The van der Waals surface area contributed by atoms with Crippen LogP contribution in [0.4, 0.5) is 11.4 Å². The molecule has 3 aromatic carbocycles. The lowest BCUT2D eigenvalue weighted by molar-refractivity contribution is -0.132. The highest BCUT2D eigenvalue weighted by Gasteiger charge is 2.47. The number of anilines is 2. The lowest BCUT2D eigenvalue weighted by atomic mass is 9.93. The predicted molar refractivity (Wildman–Crippen MR) is 144 cm³/mol. The summed E-state index contributed by atoms with van der Waals surface area (Å²) >= 11 is 0. The van der Waals surface area contributed by atoms with Crippen LogP contribution < -0.4 is 15.0 Å². The molecule has 1 atom stereocenters. The predicted octanol–water partition coefficient (Wildman–Crippen LogP) is 5.46. The van der Waals surface area contributed by atoms with Crippen LogP contribution in [0.1, 0.15) is 47.7 Å². The number of benzene rings is 3. The zero-order valence-corrected chi connectivity index (χ0v) is 21.6. The molecule has 2 N–H and O–H groups in total. The van der Waals surface area contributed by atoms with Gasteiger partial charge in [0.25, 0.3) is 11.7 Å². The molecule has 4 rings (SSSR count). The van der Waals surface area contributed by atoms with Gasteiger partial charge in [0.1, 0.15) is 11.5 Å². The van der Waals surface area contributed by atoms with Crippen molar-refractivity contribution in [1.82, 2.24) is 0 Å². The molecule has 37 heavy (non-hydrogen) atoms. The molecule has 0 spiro atoms. The van der Waals surface area contributed by atoms with Crippen molar-refractivity contribution in [2.45, 2.75) is 40.2 Å². The van der Waals surface area contributed by atoms with Gasteiger partial charge >= 0.3 is 0 Å². The van der Waals surface area contributed by atoms with Crippen LogP contribution in [0.2, 0.25) is 0 Å². The molecule has 1 unspecified atom stereocenters. The fraction of sp³-hybridized carbons (Fsp3) is 0.233. The Kier molecular flexibility index (Phi) is 7.16. The molecule has 0 aromatic heterocycles. The van der Waals surface area contributed by atoms with Gasteiger partial charge in [0.05, 0.1) is 24.3 Å². The SMILES string of the molecule is CCc1ccc(C2/C(=C(\O)c3cc(C)cc(C)c3OC)C(=O)C(=O)N2c2ccc(NC(C)=O)cc2)cc1. The molecule has 0 aliphatic carbocycles. The number of carbonyl (C=O) groups excluding carboxylic acids is 3. The summed E-state index contributed by atoms with van der Waals surface area (Å²) in [6, 6.07) is 17.1. The largest absolute Gasteiger partial charge is 0.507 e. The highest BCUT2D eigenvalue weighted by molar-refractivity contribution is 6.51. The second-order valence-corrected chi connectivity index (χ2v) is 9.15. The van der Waals surface area contributed by atoms with Crippen LogP contribution in [0.3, 0.4) is 0 Å². The molecule has 0 saturated carbocycles. The number of carbonyl (C=O) groups is 3. The third-order valence-corrected chi connectivity index (χ3v) is 6.49. The number of ether oxygens (including phenoxy) is 1. The first-order chi connectivity index (χ1) is 17.7. The van der Waals surface area contributed by atoms with Crippen LogP contribution in [0, 0.1) is 13.8 Å². The zero-order chi connectivity index (χ0) is 26.9. The molecule has 0 radical (unpaired) electrons. The van der Waals surface area contributed by atoms with E-state index in [2.05, 4.69) is 5.32 Å². The number of Topliss-reactive ketones (excluding diaryl/α,β-unsaturated/α-hetero) is 1. The minimum Gasteiger partial charge on any atom is -0.507 e. The minimum absolute atomic E-state index is 0.0107. The average Bonchev–Trinajstić information content (AvgIpc) is 3.13. The lowest BCUT2D eigenvalue weighted by Crippen LogP contribution is -2.29. The van der Waals surface area contributed by atoms with Crippen LogP contribution in [0.25, 0.3) is 5.76 Å². The van der Waals surface area contributed by atoms with Gasteiger partial charge in [-0.05, 0) is 72.9 Å². The third-order valence-electron chi connectivity index (χ3n) is 6.49. The Morgan fingerprint density at radius 3 is 2.24 bits per heavy atom. The molecule has 1 aliphatic rings. The summed E-state index contributed by atoms with van der Waals surface area (Å²) in [6.45, 7) is 7.20. The van der Waals surface area contributed by atoms with E-state index in [4.69, 9.17) is 4.74 Å². The fourth-order valence-electron chi connectivity index (χ4n) is 4.80. The molecule has 1 aliphatic heterocycles. The number of amides is 2. The maximum Gasteiger partial charge on any atom is 0.300 e. The van der Waals surface area contributed by atoms with Crippen molar-refractivity contribution in [2.75, 3.05) is 17.3 Å². The number of aliphatic hydroxyl groups excluding tert-OH is 1. The first-order valence-electron chi connectivity index (χ1n) is 12.1. The first kappa shape index (κ1) is 25.7. The van der Waals surface area contributed by atoms with Crippen molar-refractivity contribution in [3.8, 4) is 5.75 Å². The number of aryl methyl sites for hydroxylation is 3. The highest BCUT2D eigenvalue weighted by atomic mass is 16.5. The summed E-state index contributed by atoms with van der Waals surface area (Å²) in [5, 5.41) is 14.3. The van der Waals surface area contributed by atoms with E-state index in [1.165, 1.54) is 18.9 Å². The Bertz CT molecular complexity index is 1410. The Hall–Kier alpha value is -4.39. The Morgan fingerprint density at radius 1 is 1.03 bits per heavy atom. The first-order valence-corrected chi connectivity index (χ1v) is 12.1. The smallest absolute Gasteiger partial charge is 0.300 e. The topological polar surface area (TPSA) is 95.9 Å². The minimum atomic E-state index is -0.858. The van der Waals surface area contributed by atoms with E-state index in [0.29, 0.717) is 28.3 Å². The van der Waals surface area contributed by atoms with Gasteiger partial charge in [-0.15, -0.1) is 0 Å². The molecule has 7 heteroatoms. The molecule has 1 heterocycles. The molecule has 2 amide bonds. The van der Waals surface area contributed by atoms with Gasteiger partial charge in [0, 0.05) is 18.3 Å². The number of aliphatic hydroxyl groups is 1. The molecule has 1 fully saturated rings. The number of rotatable bonds is 6. The van der Waals surface area contributed by atoms with E-state index in [1.807, 2.05) is 51.1 Å². The Labute approximate surface area is 216 Å². The van der Waals surface area contributed by atoms with Gasteiger partial charge in [-0.1, -0.05) is 37.3 Å². The number of nitrogens with one attached hydrogen (secondary N) is 1. The van der Waals surface area contributed by atoms with E-state index in [0.717, 1.165) is 23.1 Å². The second-order valence-electron chi connectivity index (χ2n) is 9.15. The molecule has 0 bridgehead atoms. The van der Waals surface area contributed by atoms with Crippen molar-refractivity contribution in [1.29, 1.82) is 0 Å². The van der Waals surface area contributed by atoms with E-state index < -0.39 is 17.7 Å². The summed E-state index contributed by atoms with van der Waals surface area (Å²) in [6.07, 6.45) is 0.838. The van der Waals surface area contributed by atoms with Crippen LogP contribution >= 0.6 is 0 Å². The number of hydrogen-bond donors (Lipinski definition) is 2. The van der Waals surface area contributed by atoms with Crippen LogP contribution in [0.15, 0.2) is 66.2 Å². The van der Waals surface area contributed by atoms with Crippen molar-refractivity contribution in [2.24, 2.45) is 0 Å². The third kappa shape index (κ3) is 4.85. The zero-order valence-electron chi connectivity index (χ0n) is 21.6. The van der Waals surface area contributed by atoms with Crippen molar-refractivity contribution < 1.29 is 24.2 Å². The summed E-state index contributed by atoms with van der Waals surface area (Å²) < 4.78 is 5.56. The standard InChI is InChI=1S/C30H30N2O5/c1-6-20-7-9-21(10-8-20)26-25(27(34)24-16-17(2)15-18(3)29(24)37-5)28(35)30(36)32(26)23-13-11-22(12-14-23)31-19(4)33/h7-16,26,34H,6H2,1-5H3,(H,31,33)/b27-25+. The van der Waals surface area contributed by atoms with Crippen molar-refractivity contribution in [3.63, 3.8) is 0 Å². The van der Waals surface area contributed by atoms with Crippen LogP contribution in [-0.4, -0.2) is 29.8 Å². The summed E-state index contributed by atoms with van der Waals surface area (Å²) in [5.74, 6) is -1.60. The fourth-order valence-corrected chi connectivity index (χ4v) is 4.80. The molecule has 7 nitrogen and oxygen atoms in total. The van der Waals surface area contributed by atoms with E-state index >= 15 is 0 Å². The van der Waals surface area contributed by atoms with Crippen molar-refractivity contribution in [3.05, 3.63) is 94.1 Å². The quantitative estimate of drug-likeness (QED) is 0.267. The maximum atomic E-state index is 13.5. The number of ketones is 1. The van der Waals surface area contributed by atoms with Gasteiger partial charge in [0.2, 0.25) is 5.91 Å². The molecule has 1 saturated heterocycles. The Morgan fingerprint density at radius 2 is 1.68 bits per heavy atom. The molecule has 3 aromatic rings. The second kappa shape index (κ2) is 10.3. The monoisotopic (exact) mass is 498 g/mol. The van der Waals surface area contributed by atoms with Crippen LogP contribution in [-0.2, 0) is 20.8 Å². The molecule has 190 valence electrons. The van der Waals surface area contributed by atoms with Gasteiger partial charge < -0.3 is 15.2 Å². The maximum absolute atomic E-state index is 13.5. The van der Waals surface area contributed by atoms with Gasteiger partial charge in [0.15, 0.2) is 0 Å². The van der Waals surface area contributed by atoms with Crippen LogP contribution in [0.5, 0.6) is 5.75 Å². The Balaban J connectivity index is 1.93. The van der Waals surface area contributed by atoms with Gasteiger partial charge in [-0.2, -0.15) is 0 Å². The van der Waals surface area contributed by atoms with E-state index in [1.54, 1.807) is 30.3 Å². The summed E-state index contributed by atoms with van der Waals surface area (Å²) in [5.41, 5.74) is 4.85. The van der Waals surface area contributed by atoms with E-state index in [9.17, 15) is 19.5 Å². The van der Waals surface area contributed by atoms with Gasteiger partial charge in [-0.3, -0.25) is 19.3 Å². The summed E-state index contributed by atoms with van der Waals surface area (Å²) in [7, 11) is 1.50. The number of methoxy groups -OCH3 is 1. The highest BCUT2D eigenvalue weighted by Crippen LogP contribution is 2.44. The van der Waals surface area contributed by atoms with E-state index in [-0.39, 0.29) is 17.2 Å². The van der Waals surface area contributed by atoms with Gasteiger partial charge in [-0.25, -0.2) is 0 Å². The number of nitrogens with zero attached hydrogens (tertiary/aromatic N) is 1. The average molecular weight is 499 g/mol. The lowest BCUT2D eigenvalue weighted by Gasteiger charge is -2.26. The van der Waals surface area contributed by atoms with Crippen molar-refractivity contribution >= 4 is 34.7 Å².